The first kappa shape index (κ1) is 14.8. The van der Waals surface area contributed by atoms with Crippen molar-refractivity contribution in [2.24, 2.45) is 0 Å². The van der Waals surface area contributed by atoms with Crippen LogP contribution in [0.5, 0.6) is 0 Å². The van der Waals surface area contributed by atoms with Gasteiger partial charge in [-0.15, -0.1) is 11.8 Å². The number of ether oxygens (including phenoxy) is 1. The van der Waals surface area contributed by atoms with Gasteiger partial charge in [0.1, 0.15) is 5.76 Å². The predicted molar refractivity (Wildman–Crippen MR) is 82.9 cm³/mol. The first-order valence-corrected chi connectivity index (χ1v) is 8.11. The largest absolute Gasteiger partial charge is 0.496 e. The van der Waals surface area contributed by atoms with Crippen molar-refractivity contribution in [3.05, 3.63) is 41.1 Å². The van der Waals surface area contributed by atoms with Crippen LogP contribution in [0.3, 0.4) is 0 Å². The number of thioether (sulfide) groups is 1. The Balaban J connectivity index is 1.94. The second-order valence-corrected chi connectivity index (χ2v) is 5.96. The summed E-state index contributed by atoms with van der Waals surface area (Å²) in [5, 5.41) is 4.37. The molecule has 1 aliphatic rings. The molecule has 0 bridgehead atoms. The van der Waals surface area contributed by atoms with Crippen molar-refractivity contribution >= 4 is 23.4 Å². The Morgan fingerprint density at radius 1 is 1.42 bits per heavy atom. The van der Waals surface area contributed by atoms with E-state index in [1.54, 1.807) is 11.8 Å². The maximum Gasteiger partial charge on any atom is 0.110 e. The van der Waals surface area contributed by atoms with Crippen LogP contribution in [-0.2, 0) is 4.74 Å². The van der Waals surface area contributed by atoms with Crippen LogP contribution in [0.25, 0.3) is 0 Å². The van der Waals surface area contributed by atoms with E-state index < -0.39 is 0 Å². The first-order chi connectivity index (χ1) is 9.31. The quantitative estimate of drug-likeness (QED) is 0.766. The lowest BCUT2D eigenvalue weighted by molar-refractivity contribution is 0.220. The Morgan fingerprint density at radius 2 is 2.26 bits per heavy atom. The van der Waals surface area contributed by atoms with E-state index in [4.69, 9.17) is 16.3 Å². The minimum absolute atomic E-state index is 0.281. The smallest absolute Gasteiger partial charge is 0.110 e. The van der Waals surface area contributed by atoms with Gasteiger partial charge in [0.15, 0.2) is 0 Å². The Bertz CT molecular complexity index is 436. The lowest BCUT2D eigenvalue weighted by Gasteiger charge is -2.19. The molecule has 1 aliphatic heterocycles. The third-order valence-corrected chi connectivity index (χ3v) is 4.57. The highest BCUT2D eigenvalue weighted by atomic mass is 35.5. The molecule has 2 rings (SSSR count). The average Bonchev–Trinajstić information content (AvgIpc) is 2.94. The van der Waals surface area contributed by atoms with Gasteiger partial charge in [-0.2, -0.15) is 0 Å². The SMILES string of the molecule is CCCNC(CSc1ccccc1Cl)C1=CCCO1. The minimum Gasteiger partial charge on any atom is -0.496 e. The van der Waals surface area contributed by atoms with Crippen LogP contribution in [0, 0.1) is 0 Å². The molecule has 104 valence electrons. The Hall–Kier alpha value is -0.640. The number of nitrogens with one attached hydrogen (secondary N) is 1. The van der Waals surface area contributed by atoms with E-state index in [-0.39, 0.29) is 6.04 Å². The number of hydrogen-bond acceptors (Lipinski definition) is 3. The van der Waals surface area contributed by atoms with E-state index in [1.807, 2.05) is 18.2 Å². The number of hydrogen-bond donors (Lipinski definition) is 1. The summed E-state index contributed by atoms with van der Waals surface area (Å²) in [6.45, 7) is 4.00. The maximum atomic E-state index is 6.18. The molecular weight excluding hydrogens is 278 g/mol. The van der Waals surface area contributed by atoms with E-state index >= 15 is 0 Å². The van der Waals surface area contributed by atoms with Gasteiger partial charge < -0.3 is 10.1 Å². The second-order valence-electron chi connectivity index (χ2n) is 4.49. The van der Waals surface area contributed by atoms with E-state index in [1.165, 1.54) is 0 Å². The lowest BCUT2D eigenvalue weighted by atomic mass is 10.2. The van der Waals surface area contributed by atoms with Crippen molar-refractivity contribution in [2.75, 3.05) is 18.9 Å². The summed E-state index contributed by atoms with van der Waals surface area (Å²) in [7, 11) is 0. The van der Waals surface area contributed by atoms with E-state index in [9.17, 15) is 0 Å². The van der Waals surface area contributed by atoms with Crippen molar-refractivity contribution in [3.8, 4) is 0 Å². The van der Waals surface area contributed by atoms with Crippen LogP contribution in [0.2, 0.25) is 5.02 Å². The van der Waals surface area contributed by atoms with Crippen molar-refractivity contribution < 1.29 is 4.74 Å². The molecule has 19 heavy (non-hydrogen) atoms. The van der Waals surface area contributed by atoms with Crippen LogP contribution < -0.4 is 5.32 Å². The zero-order valence-corrected chi connectivity index (χ0v) is 12.8. The van der Waals surface area contributed by atoms with Crippen LogP contribution in [0.15, 0.2) is 41.0 Å². The van der Waals surface area contributed by atoms with Crippen molar-refractivity contribution in [2.45, 2.75) is 30.7 Å². The minimum atomic E-state index is 0.281. The molecule has 1 heterocycles. The van der Waals surface area contributed by atoms with Gasteiger partial charge in [0.2, 0.25) is 0 Å². The summed E-state index contributed by atoms with van der Waals surface area (Å²) in [6, 6.07) is 8.26. The van der Waals surface area contributed by atoms with Crippen molar-refractivity contribution in [1.82, 2.24) is 5.32 Å². The van der Waals surface area contributed by atoms with Crippen LogP contribution in [0.1, 0.15) is 19.8 Å². The van der Waals surface area contributed by atoms with Gasteiger partial charge in [0, 0.05) is 17.1 Å². The Morgan fingerprint density at radius 3 is 2.95 bits per heavy atom. The van der Waals surface area contributed by atoms with Gasteiger partial charge in [0.05, 0.1) is 17.7 Å². The normalized spacial score (nSPS) is 16.0. The fourth-order valence-corrected chi connectivity index (χ4v) is 3.28. The molecule has 0 amide bonds. The fraction of sp³-hybridized carbons (Fsp3) is 0.467. The molecule has 2 nitrogen and oxygen atoms in total. The molecule has 0 aromatic heterocycles. The summed E-state index contributed by atoms with van der Waals surface area (Å²) < 4.78 is 5.68. The standard InChI is InChI=1S/C15H20ClNOS/c1-2-9-17-13(14-7-5-10-18-14)11-19-15-8-4-3-6-12(15)16/h3-4,6-8,13,17H,2,5,9-11H2,1H3. The highest BCUT2D eigenvalue weighted by Crippen LogP contribution is 2.28. The number of rotatable bonds is 7. The van der Waals surface area contributed by atoms with Crippen LogP contribution >= 0.6 is 23.4 Å². The highest BCUT2D eigenvalue weighted by Gasteiger charge is 2.18. The molecular formula is C15H20ClNOS. The van der Waals surface area contributed by atoms with Crippen molar-refractivity contribution in [1.29, 1.82) is 0 Å². The third kappa shape index (κ3) is 4.44. The van der Waals surface area contributed by atoms with Gasteiger partial charge in [-0.1, -0.05) is 30.7 Å². The molecule has 1 atom stereocenters. The summed E-state index contributed by atoms with van der Waals surface area (Å²) >= 11 is 7.96. The topological polar surface area (TPSA) is 21.3 Å². The second kappa shape index (κ2) is 7.83. The van der Waals surface area contributed by atoms with Gasteiger partial charge in [-0.25, -0.2) is 0 Å². The van der Waals surface area contributed by atoms with Gasteiger partial charge in [0.25, 0.3) is 0 Å². The Labute approximate surface area is 124 Å². The van der Waals surface area contributed by atoms with Crippen molar-refractivity contribution in [3.63, 3.8) is 0 Å². The summed E-state index contributed by atoms with van der Waals surface area (Å²) in [6.07, 6.45) is 4.34. The highest BCUT2D eigenvalue weighted by molar-refractivity contribution is 7.99. The molecule has 1 aromatic carbocycles. The third-order valence-electron chi connectivity index (χ3n) is 2.96. The molecule has 1 N–H and O–H groups in total. The molecule has 4 heteroatoms. The van der Waals surface area contributed by atoms with Gasteiger partial charge in [-0.3, -0.25) is 0 Å². The molecule has 0 aliphatic carbocycles. The molecule has 0 saturated carbocycles. The molecule has 1 unspecified atom stereocenters. The monoisotopic (exact) mass is 297 g/mol. The van der Waals surface area contributed by atoms with E-state index in [0.717, 1.165) is 47.4 Å². The van der Waals surface area contributed by atoms with Crippen LogP contribution in [-0.4, -0.2) is 24.9 Å². The summed E-state index contributed by atoms with van der Waals surface area (Å²) in [5.41, 5.74) is 0. The zero-order valence-electron chi connectivity index (χ0n) is 11.2. The fourth-order valence-electron chi connectivity index (χ4n) is 1.97. The average molecular weight is 298 g/mol. The van der Waals surface area contributed by atoms with E-state index in [0.29, 0.717) is 0 Å². The number of halogens is 1. The van der Waals surface area contributed by atoms with Gasteiger partial charge in [-0.05, 0) is 31.2 Å². The molecule has 0 fully saturated rings. The van der Waals surface area contributed by atoms with Crippen LogP contribution in [0.4, 0.5) is 0 Å². The molecule has 1 aromatic rings. The summed E-state index contributed by atoms with van der Waals surface area (Å²) in [4.78, 5) is 1.13. The molecule has 0 radical (unpaired) electrons. The molecule has 0 saturated heterocycles. The number of benzene rings is 1. The maximum absolute atomic E-state index is 6.18. The zero-order chi connectivity index (χ0) is 13.5. The van der Waals surface area contributed by atoms with Gasteiger partial charge >= 0.3 is 0 Å². The molecule has 0 spiro atoms. The predicted octanol–water partition coefficient (Wildman–Crippen LogP) is 4.10. The lowest BCUT2D eigenvalue weighted by Crippen LogP contribution is -2.34. The Kier molecular flexibility index (Phi) is 6.08. The van der Waals surface area contributed by atoms with E-state index in [2.05, 4.69) is 24.4 Å². The first-order valence-electron chi connectivity index (χ1n) is 6.75. The summed E-state index contributed by atoms with van der Waals surface area (Å²) in [5.74, 6) is 2.03.